The maximum absolute atomic E-state index is 13.4. The number of para-hydroxylation sites is 1. The van der Waals surface area contributed by atoms with Gasteiger partial charge in [-0.15, -0.1) is 28.8 Å². The van der Waals surface area contributed by atoms with Gasteiger partial charge in [-0.05, 0) is 59.5 Å². The molecular weight excluding hydrogens is 533 g/mol. The first-order chi connectivity index (χ1) is 18.2. The lowest BCUT2D eigenvalue weighted by Crippen LogP contribution is -2.59. The lowest BCUT2D eigenvalue weighted by molar-refractivity contribution is -0.467. The number of thiophene rings is 2. The van der Waals surface area contributed by atoms with Crippen molar-refractivity contribution in [3.63, 3.8) is 0 Å². The fourth-order valence-corrected chi connectivity index (χ4v) is 8.23. The number of benzene rings is 2. The van der Waals surface area contributed by atoms with Crippen molar-refractivity contribution in [2.75, 3.05) is 30.9 Å². The first kappa shape index (κ1) is 30.1. The summed E-state index contributed by atoms with van der Waals surface area (Å²) in [6.45, 7) is 4.39. The molecule has 0 amide bonds. The van der Waals surface area contributed by atoms with Crippen molar-refractivity contribution in [3.05, 3.63) is 95.0 Å². The van der Waals surface area contributed by atoms with E-state index < -0.39 is 18.1 Å². The third-order valence-corrected chi connectivity index (χ3v) is 10.8. The smallest absolute Gasteiger partial charge is 0.0659 e. The minimum Gasteiger partial charge on any atom is -0.851 e. The van der Waals surface area contributed by atoms with Gasteiger partial charge in [0.15, 0.2) is 0 Å². The number of likely N-dealkylation sites (N-methyl/N-ethyl adjacent to an activating group) is 1. The molecule has 0 bridgehead atoms. The zero-order chi connectivity index (χ0) is 26.8. The summed E-state index contributed by atoms with van der Waals surface area (Å²) < 4.78 is 0. The minimum atomic E-state index is -0.856. The number of fused-ring (bicyclic) bond motifs is 1. The third-order valence-electron chi connectivity index (χ3n) is 8.26. The molecule has 1 aliphatic heterocycles. The Morgan fingerprint density at radius 2 is 1.50 bits per heavy atom. The summed E-state index contributed by atoms with van der Waals surface area (Å²) >= 11 is 3.40. The highest BCUT2D eigenvalue weighted by atomic mass is 32.1. The van der Waals surface area contributed by atoms with Gasteiger partial charge in [-0.3, -0.25) is 0 Å². The van der Waals surface area contributed by atoms with Gasteiger partial charge in [-0.1, -0.05) is 65.1 Å². The number of aliphatic hydroxyl groups is 1. The van der Waals surface area contributed by atoms with E-state index in [2.05, 4.69) is 91.4 Å². The average Bonchev–Trinajstić information content (AvgIpc) is 3.62. The van der Waals surface area contributed by atoms with E-state index in [-0.39, 0.29) is 26.2 Å². The molecule has 1 N–H and O–H groups in total. The van der Waals surface area contributed by atoms with Gasteiger partial charge in [0.1, 0.15) is 0 Å². The highest BCUT2D eigenvalue weighted by Gasteiger charge is 2.46. The van der Waals surface area contributed by atoms with E-state index in [1.165, 1.54) is 32.3 Å². The number of hydrogen-bond donors (Lipinski definition) is 1. The molecule has 2 aromatic carbocycles. The SMILES string of the molecule is C.C.CN(C)c1ccc(-c2ccc(-c3ccc(C4C([O-])C(C=C5N(C)c6ccccc6C5(C)C)C4O)s3)s2)cc1. The van der Waals surface area contributed by atoms with E-state index in [1.54, 1.807) is 22.7 Å². The van der Waals surface area contributed by atoms with E-state index in [0.717, 1.165) is 15.5 Å². The topological polar surface area (TPSA) is 49.8 Å². The lowest BCUT2D eigenvalue weighted by Gasteiger charge is -2.53. The predicted molar refractivity (Wildman–Crippen MR) is 173 cm³/mol. The quantitative estimate of drug-likeness (QED) is 0.267. The summed E-state index contributed by atoms with van der Waals surface area (Å²) in [6, 6.07) is 25.4. The largest absolute Gasteiger partial charge is 0.851 e. The Labute approximate surface area is 247 Å². The van der Waals surface area contributed by atoms with Crippen LogP contribution in [0.3, 0.4) is 0 Å². The summed E-state index contributed by atoms with van der Waals surface area (Å²) in [5.41, 5.74) is 5.71. The fraction of sp³-hybridized carbons (Fsp3) is 0.353. The molecule has 6 rings (SSSR count). The zero-order valence-electron chi connectivity index (χ0n) is 22.4. The lowest BCUT2D eigenvalue weighted by atomic mass is 9.67. The van der Waals surface area contributed by atoms with Crippen LogP contribution in [0.5, 0.6) is 0 Å². The maximum atomic E-state index is 13.4. The molecule has 40 heavy (non-hydrogen) atoms. The van der Waals surface area contributed by atoms with Gasteiger partial charge in [0, 0.05) is 69.1 Å². The summed E-state index contributed by atoms with van der Waals surface area (Å²) in [6.07, 6.45) is 0.519. The minimum absolute atomic E-state index is 0. The molecule has 1 saturated carbocycles. The summed E-state index contributed by atoms with van der Waals surface area (Å²) in [5, 5.41) is 24.6. The molecule has 6 heteroatoms. The van der Waals surface area contributed by atoms with Gasteiger partial charge in [-0.2, -0.15) is 0 Å². The van der Waals surface area contributed by atoms with Crippen LogP contribution in [-0.2, 0) is 5.41 Å². The van der Waals surface area contributed by atoms with Crippen LogP contribution in [0, 0.1) is 5.92 Å². The monoisotopic (exact) mass is 573 g/mol. The molecule has 3 heterocycles. The van der Waals surface area contributed by atoms with E-state index in [4.69, 9.17) is 0 Å². The normalized spacial score (nSPS) is 23.7. The Kier molecular flexibility index (Phi) is 8.40. The van der Waals surface area contributed by atoms with Crippen LogP contribution in [0.2, 0.25) is 0 Å². The second-order valence-corrected chi connectivity index (χ2v) is 13.3. The van der Waals surface area contributed by atoms with Crippen LogP contribution >= 0.6 is 22.7 Å². The molecule has 4 unspecified atom stereocenters. The summed E-state index contributed by atoms with van der Waals surface area (Å²) in [7, 11) is 6.15. The van der Waals surface area contributed by atoms with Gasteiger partial charge in [0.2, 0.25) is 0 Å². The van der Waals surface area contributed by atoms with Crippen LogP contribution in [-0.4, -0.2) is 38.5 Å². The van der Waals surface area contributed by atoms with Crippen molar-refractivity contribution >= 4 is 34.0 Å². The van der Waals surface area contributed by atoms with Crippen molar-refractivity contribution in [1.82, 2.24) is 0 Å². The summed E-state index contributed by atoms with van der Waals surface area (Å²) in [4.78, 5) is 8.82. The first-order valence-electron chi connectivity index (χ1n) is 13.0. The van der Waals surface area contributed by atoms with Crippen molar-refractivity contribution in [2.24, 2.45) is 5.92 Å². The van der Waals surface area contributed by atoms with E-state index in [1.807, 2.05) is 32.3 Å². The molecule has 1 aliphatic carbocycles. The molecule has 212 valence electrons. The van der Waals surface area contributed by atoms with E-state index in [0.29, 0.717) is 0 Å². The Morgan fingerprint density at radius 3 is 2.15 bits per heavy atom. The van der Waals surface area contributed by atoms with Gasteiger partial charge in [0.05, 0.1) is 6.10 Å². The number of allylic oxidation sites excluding steroid dienone is 1. The first-order valence-corrected chi connectivity index (χ1v) is 14.7. The standard InChI is InChI=1S/C32H33N2O2S2.2CH4/c1-32(2)22-8-6-7-9-23(22)34(5)28(32)18-21-30(35)29(31(21)36)27-17-16-26(38-27)25-15-14-24(37-25)19-10-12-20(13-11-19)33(3)4;;/h6-18,21,29-31,35H,1-5H3;2*1H4/q-1;;. The van der Waals surface area contributed by atoms with Crippen molar-refractivity contribution < 1.29 is 10.2 Å². The molecule has 0 radical (unpaired) electrons. The van der Waals surface area contributed by atoms with Crippen LogP contribution in [0.1, 0.15) is 45.1 Å². The zero-order valence-corrected chi connectivity index (χ0v) is 24.0. The van der Waals surface area contributed by atoms with Gasteiger partial charge >= 0.3 is 0 Å². The van der Waals surface area contributed by atoms with E-state index >= 15 is 0 Å². The third kappa shape index (κ3) is 4.81. The van der Waals surface area contributed by atoms with Crippen LogP contribution in [0.15, 0.2) is 84.6 Å². The molecule has 2 aromatic heterocycles. The second kappa shape index (κ2) is 11.2. The number of anilines is 2. The number of hydrogen-bond acceptors (Lipinski definition) is 6. The fourth-order valence-electron chi connectivity index (χ4n) is 5.94. The van der Waals surface area contributed by atoms with Crippen LogP contribution in [0.25, 0.3) is 20.2 Å². The number of aliphatic hydroxyl groups excluding tert-OH is 1. The highest BCUT2D eigenvalue weighted by molar-refractivity contribution is 7.23. The number of rotatable bonds is 5. The maximum Gasteiger partial charge on any atom is 0.0659 e. The summed E-state index contributed by atoms with van der Waals surface area (Å²) in [5.74, 6) is -0.763. The Balaban J connectivity index is 0.00000185. The van der Waals surface area contributed by atoms with Gasteiger partial charge in [-0.25, -0.2) is 0 Å². The second-order valence-electron chi connectivity index (χ2n) is 11.1. The van der Waals surface area contributed by atoms with Gasteiger partial charge < -0.3 is 20.0 Å². The molecular formula is C34H41N2O2S2-. The van der Waals surface area contributed by atoms with E-state index in [9.17, 15) is 10.2 Å². The van der Waals surface area contributed by atoms with Crippen LogP contribution in [0.4, 0.5) is 11.4 Å². The van der Waals surface area contributed by atoms with Crippen molar-refractivity contribution in [1.29, 1.82) is 0 Å². The number of nitrogens with zero attached hydrogens (tertiary/aromatic N) is 2. The van der Waals surface area contributed by atoms with Crippen LogP contribution < -0.4 is 14.9 Å². The molecule has 2 aliphatic rings. The Bertz CT molecular complexity index is 1490. The predicted octanol–water partition coefficient (Wildman–Crippen LogP) is 7.60. The average molecular weight is 574 g/mol. The molecule has 4 atom stereocenters. The Hall–Kier alpha value is -2.90. The van der Waals surface area contributed by atoms with Gasteiger partial charge in [0.25, 0.3) is 0 Å². The van der Waals surface area contributed by atoms with Crippen molar-refractivity contribution in [3.8, 4) is 20.2 Å². The molecule has 1 fully saturated rings. The van der Waals surface area contributed by atoms with Crippen molar-refractivity contribution in [2.45, 2.75) is 52.2 Å². The Morgan fingerprint density at radius 1 is 0.875 bits per heavy atom. The molecule has 4 aromatic rings. The highest BCUT2D eigenvalue weighted by Crippen LogP contribution is 2.51. The molecule has 0 saturated heterocycles. The molecule has 0 spiro atoms. The molecule has 4 nitrogen and oxygen atoms in total.